The van der Waals surface area contributed by atoms with E-state index in [1.807, 2.05) is 56.3 Å². The molecule has 0 radical (unpaired) electrons. The summed E-state index contributed by atoms with van der Waals surface area (Å²) in [6.07, 6.45) is 2.47. The summed E-state index contributed by atoms with van der Waals surface area (Å²) < 4.78 is 0. The average Bonchev–Trinajstić information content (AvgIpc) is 3.16. The molecule has 1 aliphatic heterocycles. The predicted molar refractivity (Wildman–Crippen MR) is 110 cm³/mol. The summed E-state index contributed by atoms with van der Waals surface area (Å²) in [6, 6.07) is 13.8. The number of para-hydroxylation sites is 1. The number of hydrogen-bond acceptors (Lipinski definition) is 3. The van der Waals surface area contributed by atoms with Gasteiger partial charge >= 0.3 is 0 Å². The van der Waals surface area contributed by atoms with Crippen LogP contribution in [0.4, 0.5) is 17.1 Å². The van der Waals surface area contributed by atoms with Gasteiger partial charge in [0.2, 0.25) is 11.8 Å². The third-order valence-electron chi connectivity index (χ3n) is 5.01. The van der Waals surface area contributed by atoms with Crippen LogP contribution in [0.15, 0.2) is 42.5 Å². The summed E-state index contributed by atoms with van der Waals surface area (Å²) in [6.45, 7) is 7.57. The van der Waals surface area contributed by atoms with Crippen LogP contribution in [0.1, 0.15) is 30.9 Å². The summed E-state index contributed by atoms with van der Waals surface area (Å²) in [7, 11) is 0. The maximum absolute atomic E-state index is 12.5. The van der Waals surface area contributed by atoms with Crippen molar-refractivity contribution in [1.29, 1.82) is 0 Å². The van der Waals surface area contributed by atoms with Crippen LogP contribution in [0.3, 0.4) is 0 Å². The predicted octanol–water partition coefficient (Wildman–Crippen LogP) is 3.90. The normalized spacial score (nSPS) is 13.5. The van der Waals surface area contributed by atoms with Crippen LogP contribution < -0.4 is 15.1 Å². The van der Waals surface area contributed by atoms with E-state index in [2.05, 4.69) is 10.2 Å². The van der Waals surface area contributed by atoms with Crippen molar-refractivity contribution < 1.29 is 9.59 Å². The molecule has 1 saturated heterocycles. The fourth-order valence-corrected chi connectivity index (χ4v) is 3.65. The summed E-state index contributed by atoms with van der Waals surface area (Å²) in [5.41, 5.74) is 4.70. The minimum absolute atomic E-state index is 0.00506. The second-order valence-electron chi connectivity index (χ2n) is 7.13. The molecule has 2 amide bonds. The van der Waals surface area contributed by atoms with E-state index in [1.165, 1.54) is 25.5 Å². The Morgan fingerprint density at radius 3 is 2.15 bits per heavy atom. The lowest BCUT2D eigenvalue weighted by atomic mass is 10.1. The van der Waals surface area contributed by atoms with Crippen LogP contribution in [0, 0.1) is 13.8 Å². The smallest absolute Gasteiger partial charge is 0.244 e. The van der Waals surface area contributed by atoms with E-state index >= 15 is 0 Å². The lowest BCUT2D eigenvalue weighted by Gasteiger charge is -2.24. The SMILES string of the molecule is CC(=O)N(CC(=O)Nc1ccc(N2CCCC2)cc1)c1c(C)cccc1C. The Bertz CT molecular complexity index is 804. The Morgan fingerprint density at radius 1 is 1.00 bits per heavy atom. The van der Waals surface area contributed by atoms with Gasteiger partial charge in [0.15, 0.2) is 0 Å². The fourth-order valence-electron chi connectivity index (χ4n) is 3.65. The van der Waals surface area contributed by atoms with Gasteiger partial charge in [0, 0.05) is 31.4 Å². The highest BCUT2D eigenvalue weighted by Gasteiger charge is 2.19. The number of nitrogens with zero attached hydrogens (tertiary/aromatic N) is 2. The summed E-state index contributed by atoms with van der Waals surface area (Å²) in [5.74, 6) is -0.353. The van der Waals surface area contributed by atoms with E-state index in [0.717, 1.165) is 35.6 Å². The molecule has 2 aromatic carbocycles. The van der Waals surface area contributed by atoms with Crippen LogP contribution in [0.2, 0.25) is 0 Å². The van der Waals surface area contributed by atoms with Crippen molar-refractivity contribution in [2.45, 2.75) is 33.6 Å². The second-order valence-corrected chi connectivity index (χ2v) is 7.13. The molecule has 1 fully saturated rings. The lowest BCUT2D eigenvalue weighted by Crippen LogP contribution is -2.37. The minimum atomic E-state index is -0.207. The quantitative estimate of drug-likeness (QED) is 0.874. The zero-order chi connectivity index (χ0) is 19.4. The number of amides is 2. The van der Waals surface area contributed by atoms with Gasteiger partial charge in [0.05, 0.1) is 5.69 Å². The van der Waals surface area contributed by atoms with Crippen molar-refractivity contribution in [2.75, 3.05) is 34.8 Å². The molecular formula is C22H27N3O2. The highest BCUT2D eigenvalue weighted by atomic mass is 16.2. The first-order valence-corrected chi connectivity index (χ1v) is 9.45. The van der Waals surface area contributed by atoms with Gasteiger partial charge < -0.3 is 15.1 Å². The molecule has 0 aliphatic carbocycles. The van der Waals surface area contributed by atoms with Crippen molar-refractivity contribution in [1.82, 2.24) is 0 Å². The molecule has 0 aromatic heterocycles. The Morgan fingerprint density at radius 2 is 1.59 bits per heavy atom. The third kappa shape index (κ3) is 4.48. The Balaban J connectivity index is 1.68. The standard InChI is InChI=1S/C22H27N3O2/c1-16-7-6-8-17(2)22(16)25(18(3)26)15-21(27)23-19-9-11-20(12-10-19)24-13-4-5-14-24/h6-12H,4-5,13-15H2,1-3H3,(H,23,27). The molecule has 5 heteroatoms. The van der Waals surface area contributed by atoms with Crippen LogP contribution >= 0.6 is 0 Å². The number of nitrogens with one attached hydrogen (secondary N) is 1. The summed E-state index contributed by atoms with van der Waals surface area (Å²) in [5, 5.41) is 2.90. The highest BCUT2D eigenvalue weighted by molar-refractivity contribution is 6.02. The van der Waals surface area contributed by atoms with Gasteiger partial charge in [0.25, 0.3) is 0 Å². The number of carbonyl (C=O) groups excluding carboxylic acids is 2. The van der Waals surface area contributed by atoms with E-state index in [0.29, 0.717) is 0 Å². The average molecular weight is 365 g/mol. The molecule has 27 heavy (non-hydrogen) atoms. The van der Waals surface area contributed by atoms with Gasteiger partial charge in [-0.1, -0.05) is 18.2 Å². The molecule has 3 rings (SSSR count). The molecular weight excluding hydrogens is 338 g/mol. The number of anilines is 3. The van der Waals surface area contributed by atoms with Crippen LogP contribution in [0.5, 0.6) is 0 Å². The largest absolute Gasteiger partial charge is 0.372 e. The zero-order valence-corrected chi connectivity index (χ0v) is 16.3. The van der Waals surface area contributed by atoms with Gasteiger partial charge in [0.1, 0.15) is 6.54 Å². The first kappa shape index (κ1) is 19.0. The molecule has 0 unspecified atom stereocenters. The Hall–Kier alpha value is -2.82. The van der Waals surface area contributed by atoms with Crippen molar-refractivity contribution in [3.8, 4) is 0 Å². The summed E-state index contributed by atoms with van der Waals surface area (Å²) >= 11 is 0. The Labute approximate surface area is 161 Å². The van der Waals surface area contributed by atoms with Crippen LogP contribution in [-0.2, 0) is 9.59 Å². The maximum atomic E-state index is 12.5. The molecule has 1 N–H and O–H groups in total. The number of rotatable bonds is 5. The van der Waals surface area contributed by atoms with Gasteiger partial charge in [-0.2, -0.15) is 0 Å². The van der Waals surface area contributed by atoms with Crippen molar-refractivity contribution in [3.05, 3.63) is 53.6 Å². The minimum Gasteiger partial charge on any atom is -0.372 e. The maximum Gasteiger partial charge on any atom is 0.244 e. The number of aryl methyl sites for hydroxylation is 2. The molecule has 0 atom stereocenters. The number of benzene rings is 2. The zero-order valence-electron chi connectivity index (χ0n) is 16.3. The molecule has 1 heterocycles. The van der Waals surface area contributed by atoms with Crippen LogP contribution in [0.25, 0.3) is 0 Å². The highest BCUT2D eigenvalue weighted by Crippen LogP contribution is 2.25. The van der Waals surface area contributed by atoms with Gasteiger partial charge in [-0.3, -0.25) is 9.59 Å². The van der Waals surface area contributed by atoms with Gasteiger partial charge in [-0.15, -0.1) is 0 Å². The van der Waals surface area contributed by atoms with Crippen molar-refractivity contribution >= 4 is 28.9 Å². The first-order chi connectivity index (χ1) is 13.0. The molecule has 142 valence electrons. The fraction of sp³-hybridized carbons (Fsp3) is 0.364. The summed E-state index contributed by atoms with van der Waals surface area (Å²) in [4.78, 5) is 28.6. The molecule has 2 aromatic rings. The van der Waals surface area contributed by atoms with Crippen molar-refractivity contribution in [3.63, 3.8) is 0 Å². The molecule has 0 bridgehead atoms. The van der Waals surface area contributed by atoms with E-state index in [1.54, 1.807) is 4.90 Å². The molecule has 0 spiro atoms. The molecule has 1 aliphatic rings. The van der Waals surface area contributed by atoms with Crippen LogP contribution in [-0.4, -0.2) is 31.4 Å². The monoisotopic (exact) mass is 365 g/mol. The first-order valence-electron chi connectivity index (χ1n) is 9.45. The molecule has 0 saturated carbocycles. The number of hydrogen-bond donors (Lipinski definition) is 1. The van der Waals surface area contributed by atoms with Gasteiger partial charge in [-0.25, -0.2) is 0 Å². The van der Waals surface area contributed by atoms with Gasteiger partial charge in [-0.05, 0) is 62.1 Å². The van der Waals surface area contributed by atoms with Crippen molar-refractivity contribution in [2.24, 2.45) is 0 Å². The second kappa shape index (κ2) is 8.25. The lowest BCUT2D eigenvalue weighted by molar-refractivity contribution is -0.120. The van der Waals surface area contributed by atoms with E-state index in [4.69, 9.17) is 0 Å². The number of carbonyl (C=O) groups is 2. The molecule has 5 nitrogen and oxygen atoms in total. The Kier molecular flexibility index (Phi) is 5.79. The van der Waals surface area contributed by atoms with E-state index < -0.39 is 0 Å². The third-order valence-corrected chi connectivity index (χ3v) is 5.01. The van der Waals surface area contributed by atoms with E-state index in [9.17, 15) is 9.59 Å². The van der Waals surface area contributed by atoms with E-state index in [-0.39, 0.29) is 18.4 Å². The topological polar surface area (TPSA) is 52.7 Å².